The molecule has 0 aliphatic carbocycles. The summed E-state index contributed by atoms with van der Waals surface area (Å²) in [6, 6.07) is 11.6. The molecule has 4 aromatic rings. The molecule has 8 nitrogen and oxygen atoms in total. The molecule has 1 amide bonds. The maximum absolute atomic E-state index is 14.8. The van der Waals surface area contributed by atoms with E-state index in [1.54, 1.807) is 13.8 Å². The van der Waals surface area contributed by atoms with Crippen molar-refractivity contribution in [2.24, 2.45) is 0 Å². The fourth-order valence-corrected chi connectivity index (χ4v) is 8.72. The largest absolute Gasteiger partial charge is 0.490 e. The molecule has 1 aromatic heterocycles. The van der Waals surface area contributed by atoms with Gasteiger partial charge in [-0.15, -0.1) is 0 Å². The van der Waals surface area contributed by atoms with Crippen LogP contribution >= 0.6 is 0 Å². The molecule has 56 heavy (non-hydrogen) atoms. The number of sulfone groups is 1. The van der Waals surface area contributed by atoms with E-state index in [1.165, 1.54) is 67.9 Å². The van der Waals surface area contributed by atoms with Gasteiger partial charge in [0.1, 0.15) is 10.6 Å². The van der Waals surface area contributed by atoms with Crippen molar-refractivity contribution in [2.75, 3.05) is 31.9 Å². The van der Waals surface area contributed by atoms with E-state index in [9.17, 15) is 39.6 Å². The number of alkyl halides is 6. The lowest BCUT2D eigenvalue weighted by molar-refractivity contribution is -0.155. The van der Waals surface area contributed by atoms with Crippen molar-refractivity contribution in [1.29, 1.82) is 0 Å². The molecule has 302 valence electrons. The summed E-state index contributed by atoms with van der Waals surface area (Å²) in [5.74, 6) is -1.65. The van der Waals surface area contributed by atoms with Crippen LogP contribution in [0.25, 0.3) is 22.2 Å². The zero-order valence-electron chi connectivity index (χ0n) is 31.5. The van der Waals surface area contributed by atoms with E-state index >= 15 is 0 Å². The summed E-state index contributed by atoms with van der Waals surface area (Å²) in [4.78, 5) is 23.7. The van der Waals surface area contributed by atoms with Crippen molar-refractivity contribution in [2.45, 2.75) is 94.9 Å². The van der Waals surface area contributed by atoms with Crippen LogP contribution in [0.2, 0.25) is 0 Å². The highest BCUT2D eigenvalue weighted by Crippen LogP contribution is 2.40. The summed E-state index contributed by atoms with van der Waals surface area (Å²) in [5.41, 5.74) is -1.55. The third kappa shape index (κ3) is 9.32. The second-order valence-corrected chi connectivity index (χ2v) is 17.0. The predicted molar refractivity (Wildman–Crippen MR) is 202 cm³/mol. The molecule has 0 saturated carbocycles. The van der Waals surface area contributed by atoms with E-state index in [-0.39, 0.29) is 61.8 Å². The highest BCUT2D eigenvalue weighted by Gasteiger charge is 2.43. The van der Waals surface area contributed by atoms with Gasteiger partial charge < -0.3 is 15.0 Å². The third-order valence-electron chi connectivity index (χ3n) is 10.5. The number of likely N-dealkylation sites (tertiary alicyclic amines) is 2. The number of hydrogen-bond acceptors (Lipinski definition) is 7. The number of halogens is 6. The van der Waals surface area contributed by atoms with Crippen LogP contribution in [0.1, 0.15) is 86.0 Å². The number of nitrogens with one attached hydrogen (secondary N) is 1. The van der Waals surface area contributed by atoms with Crippen LogP contribution in [0.4, 0.5) is 26.3 Å². The van der Waals surface area contributed by atoms with Crippen molar-refractivity contribution >= 4 is 26.6 Å². The Morgan fingerprint density at radius 2 is 1.59 bits per heavy atom. The number of piperidine rings is 2. The standard InChI is InChI=1S/C41H46F6N4O4S/c1-4-56(53,54)35-23-31-33(24-34(35)55-26(2)3)48-37(28-14-11-15-29(22-28)40(42,43)44)32(25-50-20-16-30(17-21-50)51-18-9-6-10-19-51)36(31)39(52)49-38(41(45,46)47)27-12-7-5-8-13-27/h5,7-8,11-15,22-24,26,30,38H,4,6,9-10,16-21,25H2,1-3H3,(H,49,52)/t38-/m1/s1. The Hall–Kier alpha value is -4.21. The molecule has 15 heteroatoms. The molecular weight excluding hydrogens is 759 g/mol. The van der Waals surface area contributed by atoms with Crippen molar-refractivity contribution in [1.82, 2.24) is 20.1 Å². The van der Waals surface area contributed by atoms with Crippen LogP contribution in [0.5, 0.6) is 5.75 Å². The first kappa shape index (κ1) is 41.4. The van der Waals surface area contributed by atoms with Crippen molar-refractivity contribution in [3.63, 3.8) is 0 Å². The summed E-state index contributed by atoms with van der Waals surface area (Å²) in [5, 5.41) is 2.09. The number of fused-ring (bicyclic) bond motifs is 1. The van der Waals surface area contributed by atoms with E-state index in [2.05, 4.69) is 10.2 Å². The van der Waals surface area contributed by atoms with Crippen molar-refractivity contribution in [3.8, 4) is 17.0 Å². The van der Waals surface area contributed by atoms with Gasteiger partial charge in [0.2, 0.25) is 0 Å². The topological polar surface area (TPSA) is 91.8 Å². The Kier molecular flexibility index (Phi) is 12.4. The molecule has 3 heterocycles. The van der Waals surface area contributed by atoms with E-state index in [1.807, 2.05) is 4.90 Å². The van der Waals surface area contributed by atoms with E-state index in [4.69, 9.17) is 9.72 Å². The van der Waals surface area contributed by atoms with Crippen LogP contribution in [-0.2, 0) is 22.6 Å². The lowest BCUT2D eigenvalue weighted by Crippen LogP contribution is -2.46. The average Bonchev–Trinajstić information content (AvgIpc) is 3.16. The highest BCUT2D eigenvalue weighted by atomic mass is 32.2. The van der Waals surface area contributed by atoms with Gasteiger partial charge in [0, 0.05) is 35.2 Å². The summed E-state index contributed by atoms with van der Waals surface area (Å²) >= 11 is 0. The Balaban J connectivity index is 1.59. The number of nitrogens with zero attached hydrogens (tertiary/aromatic N) is 3. The van der Waals surface area contributed by atoms with E-state index in [0.717, 1.165) is 50.9 Å². The van der Waals surface area contributed by atoms with Crippen LogP contribution in [0.3, 0.4) is 0 Å². The number of rotatable bonds is 11. The Morgan fingerprint density at radius 1 is 0.911 bits per heavy atom. The molecule has 0 spiro atoms. The van der Waals surface area contributed by atoms with Gasteiger partial charge >= 0.3 is 12.4 Å². The lowest BCUT2D eigenvalue weighted by Gasteiger charge is -2.40. The molecule has 1 atom stereocenters. The van der Waals surface area contributed by atoms with Gasteiger partial charge in [-0.1, -0.05) is 55.8 Å². The second kappa shape index (κ2) is 16.7. The number of hydrogen-bond donors (Lipinski definition) is 1. The number of aromatic nitrogens is 1. The molecular formula is C41H46F6N4O4S. The van der Waals surface area contributed by atoms with Crippen molar-refractivity contribution < 1.29 is 44.3 Å². The Morgan fingerprint density at radius 3 is 2.20 bits per heavy atom. The van der Waals surface area contributed by atoms with Gasteiger partial charge in [0.25, 0.3) is 5.91 Å². The van der Waals surface area contributed by atoms with Gasteiger partial charge in [-0.05, 0) is 89.5 Å². The first-order valence-electron chi connectivity index (χ1n) is 18.9. The lowest BCUT2D eigenvalue weighted by atomic mass is 9.93. The normalized spacial score (nSPS) is 17.3. The Labute approximate surface area is 323 Å². The zero-order valence-corrected chi connectivity index (χ0v) is 32.3. The van der Waals surface area contributed by atoms with Crippen LogP contribution < -0.4 is 10.1 Å². The maximum Gasteiger partial charge on any atom is 0.416 e. The quantitative estimate of drug-likeness (QED) is 0.152. The summed E-state index contributed by atoms with van der Waals surface area (Å²) in [7, 11) is -4.04. The summed E-state index contributed by atoms with van der Waals surface area (Å²) < 4.78 is 120. The Bertz CT molecular complexity index is 2130. The fourth-order valence-electron chi connectivity index (χ4n) is 7.70. The van der Waals surface area contributed by atoms with Crippen molar-refractivity contribution in [3.05, 3.63) is 89.0 Å². The number of ether oxygens (including phenoxy) is 1. The molecule has 1 N–H and O–H groups in total. The van der Waals surface area contributed by atoms with Gasteiger partial charge in [-0.2, -0.15) is 26.3 Å². The number of amides is 1. The fraction of sp³-hybridized carbons (Fsp3) is 0.463. The molecule has 0 bridgehead atoms. The monoisotopic (exact) mass is 804 g/mol. The summed E-state index contributed by atoms with van der Waals surface area (Å²) in [6.45, 7) is 7.81. The predicted octanol–water partition coefficient (Wildman–Crippen LogP) is 8.99. The summed E-state index contributed by atoms with van der Waals surface area (Å²) in [6.07, 6.45) is -5.24. The molecule has 2 aliphatic rings. The van der Waals surface area contributed by atoms with Gasteiger partial charge in [-0.3, -0.25) is 9.69 Å². The van der Waals surface area contributed by atoms with Gasteiger partial charge in [-0.25, -0.2) is 13.4 Å². The minimum Gasteiger partial charge on any atom is -0.490 e. The molecule has 6 rings (SSSR count). The zero-order chi connectivity index (χ0) is 40.4. The number of benzene rings is 3. The van der Waals surface area contributed by atoms with Crippen LogP contribution in [-0.4, -0.2) is 79.4 Å². The maximum atomic E-state index is 14.8. The smallest absolute Gasteiger partial charge is 0.416 e. The van der Waals surface area contributed by atoms with Crippen LogP contribution in [0.15, 0.2) is 71.6 Å². The minimum atomic E-state index is -4.95. The second-order valence-electron chi connectivity index (χ2n) is 14.7. The highest BCUT2D eigenvalue weighted by molar-refractivity contribution is 7.91. The number of carbonyl (C=O) groups is 1. The van der Waals surface area contributed by atoms with Gasteiger partial charge in [0.15, 0.2) is 15.9 Å². The van der Waals surface area contributed by atoms with Gasteiger partial charge in [0.05, 0.1) is 34.2 Å². The molecule has 3 aromatic carbocycles. The van der Waals surface area contributed by atoms with E-state index < -0.39 is 45.8 Å². The third-order valence-corrected chi connectivity index (χ3v) is 12.3. The molecule has 2 aliphatic heterocycles. The first-order chi connectivity index (χ1) is 26.5. The molecule has 2 saturated heterocycles. The molecule has 0 unspecified atom stereocenters. The minimum absolute atomic E-state index is 0.0130. The van der Waals surface area contributed by atoms with E-state index in [0.29, 0.717) is 19.1 Å². The molecule has 2 fully saturated rings. The number of carbonyl (C=O) groups excluding carboxylic acids is 1. The molecule has 0 radical (unpaired) electrons. The van der Waals surface area contributed by atoms with Crippen LogP contribution in [0, 0.1) is 0 Å². The average molecular weight is 805 g/mol. The first-order valence-corrected chi connectivity index (χ1v) is 20.6. The SMILES string of the molecule is CCS(=O)(=O)c1cc2c(C(=O)N[C@H](c3ccccc3)C(F)(F)F)c(CN3CCC(N4CCCCC4)CC3)c(-c3cccc(C(F)(F)F)c3)nc2cc1OC(C)C. The number of pyridine rings is 1.